The molecule has 2 rings (SSSR count). The SMILES string of the molecule is CSCC[C@H](NC(C)=O)C(=O)N(C)Cc1nc2ccc(C)cc2[nH]1. The Bertz CT molecular complexity index is 728. The lowest BCUT2D eigenvalue weighted by Crippen LogP contribution is -2.46. The highest BCUT2D eigenvalue weighted by Crippen LogP contribution is 2.14. The molecule has 0 fully saturated rings. The molecule has 130 valence electrons. The van der Waals surface area contributed by atoms with E-state index in [9.17, 15) is 9.59 Å². The Balaban J connectivity index is 2.08. The van der Waals surface area contributed by atoms with Crippen molar-refractivity contribution in [3.05, 3.63) is 29.6 Å². The van der Waals surface area contributed by atoms with Gasteiger partial charge in [-0.15, -0.1) is 0 Å². The van der Waals surface area contributed by atoms with Crippen LogP contribution in [-0.4, -0.2) is 51.8 Å². The van der Waals surface area contributed by atoms with Crippen LogP contribution in [0.4, 0.5) is 0 Å². The summed E-state index contributed by atoms with van der Waals surface area (Å²) >= 11 is 1.65. The Labute approximate surface area is 146 Å². The maximum absolute atomic E-state index is 12.6. The van der Waals surface area contributed by atoms with E-state index in [-0.39, 0.29) is 11.8 Å². The number of imidazole rings is 1. The normalized spacial score (nSPS) is 12.2. The molecular weight excluding hydrogens is 324 g/mol. The minimum atomic E-state index is -0.494. The first kappa shape index (κ1) is 18.3. The van der Waals surface area contributed by atoms with Crippen LogP contribution in [0.25, 0.3) is 11.0 Å². The number of benzene rings is 1. The van der Waals surface area contributed by atoms with Gasteiger partial charge >= 0.3 is 0 Å². The van der Waals surface area contributed by atoms with E-state index in [0.717, 1.165) is 28.2 Å². The minimum absolute atomic E-state index is 0.101. The first-order valence-corrected chi connectivity index (χ1v) is 9.26. The molecule has 0 aliphatic carbocycles. The molecule has 6 nitrogen and oxygen atoms in total. The molecule has 0 aliphatic heterocycles. The van der Waals surface area contributed by atoms with Crippen LogP contribution in [0.3, 0.4) is 0 Å². The summed E-state index contributed by atoms with van der Waals surface area (Å²) in [6, 6.07) is 5.51. The zero-order valence-corrected chi connectivity index (χ0v) is 15.4. The third-order valence-corrected chi connectivity index (χ3v) is 4.38. The maximum Gasteiger partial charge on any atom is 0.245 e. The number of aromatic nitrogens is 2. The van der Waals surface area contributed by atoms with Gasteiger partial charge in [0.25, 0.3) is 0 Å². The Morgan fingerprint density at radius 1 is 1.42 bits per heavy atom. The van der Waals surface area contributed by atoms with Crippen molar-refractivity contribution < 1.29 is 9.59 Å². The van der Waals surface area contributed by atoms with Gasteiger partial charge in [-0.05, 0) is 43.0 Å². The molecule has 1 aromatic carbocycles. The molecule has 1 aromatic heterocycles. The summed E-state index contributed by atoms with van der Waals surface area (Å²) in [5.41, 5.74) is 3.01. The third-order valence-electron chi connectivity index (χ3n) is 3.74. The number of thioether (sulfide) groups is 1. The number of nitrogens with one attached hydrogen (secondary N) is 2. The molecule has 0 spiro atoms. The van der Waals surface area contributed by atoms with Crippen LogP contribution in [0, 0.1) is 6.92 Å². The summed E-state index contributed by atoms with van der Waals surface area (Å²) in [4.78, 5) is 33.3. The van der Waals surface area contributed by atoms with Gasteiger partial charge < -0.3 is 15.2 Å². The molecule has 0 unspecified atom stereocenters. The third kappa shape index (κ3) is 4.74. The number of carbonyl (C=O) groups excluding carboxylic acids is 2. The van der Waals surface area contributed by atoms with Gasteiger partial charge in [-0.2, -0.15) is 11.8 Å². The van der Waals surface area contributed by atoms with Crippen molar-refractivity contribution in [1.82, 2.24) is 20.2 Å². The number of aromatic amines is 1. The quantitative estimate of drug-likeness (QED) is 0.803. The van der Waals surface area contributed by atoms with Gasteiger partial charge in [0, 0.05) is 14.0 Å². The number of hydrogen-bond donors (Lipinski definition) is 2. The second-order valence-corrected chi connectivity index (χ2v) is 6.92. The lowest BCUT2D eigenvalue weighted by molar-refractivity contribution is -0.135. The predicted molar refractivity (Wildman–Crippen MR) is 97.9 cm³/mol. The van der Waals surface area contributed by atoms with Gasteiger partial charge in [0.15, 0.2) is 0 Å². The van der Waals surface area contributed by atoms with Crippen LogP contribution in [0.15, 0.2) is 18.2 Å². The smallest absolute Gasteiger partial charge is 0.245 e. The summed E-state index contributed by atoms with van der Waals surface area (Å²) in [5, 5.41) is 2.74. The van der Waals surface area contributed by atoms with E-state index in [1.54, 1.807) is 23.7 Å². The minimum Gasteiger partial charge on any atom is -0.345 e. The van der Waals surface area contributed by atoms with Crippen LogP contribution in [0.5, 0.6) is 0 Å². The number of H-pyrrole nitrogens is 1. The van der Waals surface area contributed by atoms with Gasteiger partial charge in [-0.3, -0.25) is 9.59 Å². The van der Waals surface area contributed by atoms with Gasteiger partial charge in [-0.25, -0.2) is 4.98 Å². The average molecular weight is 348 g/mol. The number of fused-ring (bicyclic) bond motifs is 1. The molecule has 0 bridgehead atoms. The summed E-state index contributed by atoms with van der Waals surface area (Å²) in [6.07, 6.45) is 2.60. The van der Waals surface area contributed by atoms with Crippen molar-refractivity contribution in [1.29, 1.82) is 0 Å². The van der Waals surface area contributed by atoms with Crippen molar-refractivity contribution in [3.8, 4) is 0 Å². The van der Waals surface area contributed by atoms with Crippen molar-refractivity contribution in [3.63, 3.8) is 0 Å². The number of likely N-dealkylation sites (N-methyl/N-ethyl adjacent to an activating group) is 1. The average Bonchev–Trinajstić information content (AvgIpc) is 2.91. The Kier molecular flexibility index (Phi) is 6.25. The fraction of sp³-hybridized carbons (Fsp3) is 0.471. The number of nitrogens with zero attached hydrogens (tertiary/aromatic N) is 2. The van der Waals surface area contributed by atoms with Crippen LogP contribution in [0.2, 0.25) is 0 Å². The molecular formula is C17H24N4O2S. The zero-order valence-electron chi connectivity index (χ0n) is 14.5. The molecule has 0 saturated heterocycles. The molecule has 0 radical (unpaired) electrons. The second kappa shape index (κ2) is 8.19. The zero-order chi connectivity index (χ0) is 17.7. The summed E-state index contributed by atoms with van der Waals surface area (Å²) in [6.45, 7) is 3.84. The second-order valence-electron chi connectivity index (χ2n) is 5.93. The van der Waals surface area contributed by atoms with E-state index in [1.165, 1.54) is 6.92 Å². The fourth-order valence-electron chi connectivity index (χ4n) is 2.56. The van der Waals surface area contributed by atoms with Crippen LogP contribution < -0.4 is 5.32 Å². The number of amides is 2. The summed E-state index contributed by atoms with van der Waals surface area (Å²) in [5.74, 6) is 1.25. The lowest BCUT2D eigenvalue weighted by atomic mass is 10.2. The van der Waals surface area contributed by atoms with Gasteiger partial charge in [0.05, 0.1) is 17.6 Å². The van der Waals surface area contributed by atoms with Crippen LogP contribution in [0.1, 0.15) is 24.7 Å². The number of hydrogen-bond acceptors (Lipinski definition) is 4. The Hall–Kier alpha value is -2.02. The fourth-order valence-corrected chi connectivity index (χ4v) is 3.03. The van der Waals surface area contributed by atoms with Crippen molar-refractivity contribution in [2.75, 3.05) is 19.1 Å². The van der Waals surface area contributed by atoms with E-state index < -0.39 is 6.04 Å². The van der Waals surface area contributed by atoms with E-state index in [1.807, 2.05) is 31.4 Å². The predicted octanol–water partition coefficient (Wildman–Crippen LogP) is 2.09. The van der Waals surface area contributed by atoms with Gasteiger partial charge in [0.2, 0.25) is 11.8 Å². The monoisotopic (exact) mass is 348 g/mol. The summed E-state index contributed by atoms with van der Waals surface area (Å²) < 4.78 is 0. The number of aryl methyl sites for hydroxylation is 1. The molecule has 2 N–H and O–H groups in total. The maximum atomic E-state index is 12.6. The molecule has 1 atom stereocenters. The Morgan fingerprint density at radius 2 is 2.17 bits per heavy atom. The Morgan fingerprint density at radius 3 is 2.83 bits per heavy atom. The molecule has 0 aliphatic rings. The van der Waals surface area contributed by atoms with E-state index in [2.05, 4.69) is 15.3 Å². The summed E-state index contributed by atoms with van der Waals surface area (Å²) in [7, 11) is 1.73. The highest BCUT2D eigenvalue weighted by atomic mass is 32.2. The number of rotatable bonds is 7. The van der Waals surface area contributed by atoms with Crippen molar-refractivity contribution in [2.45, 2.75) is 32.9 Å². The molecule has 24 heavy (non-hydrogen) atoms. The van der Waals surface area contributed by atoms with Gasteiger partial charge in [-0.1, -0.05) is 6.07 Å². The first-order chi connectivity index (χ1) is 11.4. The van der Waals surface area contributed by atoms with E-state index in [0.29, 0.717) is 13.0 Å². The highest BCUT2D eigenvalue weighted by Gasteiger charge is 2.23. The largest absolute Gasteiger partial charge is 0.345 e. The number of carbonyl (C=O) groups is 2. The molecule has 7 heteroatoms. The van der Waals surface area contributed by atoms with Crippen molar-refractivity contribution >= 4 is 34.6 Å². The lowest BCUT2D eigenvalue weighted by Gasteiger charge is -2.23. The van der Waals surface area contributed by atoms with Crippen molar-refractivity contribution in [2.24, 2.45) is 0 Å². The molecule has 2 amide bonds. The first-order valence-electron chi connectivity index (χ1n) is 7.87. The highest BCUT2D eigenvalue weighted by molar-refractivity contribution is 7.98. The molecule has 1 heterocycles. The van der Waals surface area contributed by atoms with E-state index >= 15 is 0 Å². The molecule has 2 aromatic rings. The molecule has 0 saturated carbocycles. The topological polar surface area (TPSA) is 78.1 Å². The standard InChI is InChI=1S/C17H24N4O2S/c1-11-5-6-13-15(9-11)20-16(19-13)10-21(3)17(23)14(7-8-24-4)18-12(2)22/h5-6,9,14H,7-8,10H2,1-4H3,(H,18,22)(H,19,20)/t14-/m0/s1. The van der Waals surface area contributed by atoms with E-state index in [4.69, 9.17) is 0 Å². The van der Waals surface area contributed by atoms with Gasteiger partial charge in [0.1, 0.15) is 11.9 Å². The van der Waals surface area contributed by atoms with Crippen LogP contribution in [-0.2, 0) is 16.1 Å². The van der Waals surface area contributed by atoms with Crippen LogP contribution >= 0.6 is 11.8 Å².